The smallest absolute Gasteiger partial charge is 0.323 e. The molecule has 0 fully saturated rings. The number of urea groups is 1. The molecule has 0 aliphatic heterocycles. The molecule has 4 rings (SSSR count). The molecule has 0 spiro atoms. The minimum atomic E-state index is -3.67. The Balaban J connectivity index is 0.000000810. The molecule has 2 aromatic carbocycles. The second-order valence-electron chi connectivity index (χ2n) is 9.17. The molecule has 0 saturated carbocycles. The van der Waals surface area contributed by atoms with E-state index >= 15 is 0 Å². The van der Waals surface area contributed by atoms with Crippen molar-refractivity contribution < 1.29 is 26.5 Å². The van der Waals surface area contributed by atoms with Crippen molar-refractivity contribution >= 4 is 44.2 Å². The van der Waals surface area contributed by atoms with E-state index in [0.717, 1.165) is 17.0 Å². The second kappa shape index (κ2) is 12.2. The zero-order chi connectivity index (χ0) is 29.8. The van der Waals surface area contributed by atoms with Gasteiger partial charge >= 0.3 is 6.03 Å². The van der Waals surface area contributed by atoms with Crippen LogP contribution in [-0.2, 0) is 10.1 Å². The van der Waals surface area contributed by atoms with Crippen molar-refractivity contribution in [2.45, 2.75) is 26.8 Å². The van der Waals surface area contributed by atoms with Crippen LogP contribution in [-0.4, -0.2) is 41.9 Å². The molecule has 0 saturated heterocycles. The summed E-state index contributed by atoms with van der Waals surface area (Å²) in [7, 11) is -1.92. The monoisotopic (exact) mass is 573 g/mol. The lowest BCUT2D eigenvalue weighted by atomic mass is 9.99. The highest BCUT2D eigenvalue weighted by atomic mass is 32.2. The topological polar surface area (TPSA) is 142 Å². The number of hydrogen-bond acceptors (Lipinski definition) is 6. The maximum atomic E-state index is 14.8. The van der Waals surface area contributed by atoms with Crippen LogP contribution >= 0.6 is 0 Å². The molecule has 0 atom stereocenters. The number of nitrogens with zero attached hydrogens (tertiary/aromatic N) is 2. The summed E-state index contributed by atoms with van der Waals surface area (Å²) >= 11 is 0. The number of nitrogens with one attached hydrogen (secondary N) is 3. The molecule has 10 nitrogen and oxygen atoms in total. The summed E-state index contributed by atoms with van der Waals surface area (Å²) in [6.07, 6.45) is 2.39. The quantitative estimate of drug-likeness (QED) is 0.234. The van der Waals surface area contributed by atoms with Crippen LogP contribution in [0.2, 0.25) is 0 Å². The maximum absolute atomic E-state index is 14.8. The molecule has 2 amide bonds. The highest BCUT2D eigenvalue weighted by molar-refractivity contribution is 7.85. The van der Waals surface area contributed by atoms with E-state index in [9.17, 15) is 26.8 Å². The number of aromatic nitrogens is 2. The minimum absolute atomic E-state index is 0.112. The van der Waals surface area contributed by atoms with Crippen molar-refractivity contribution in [1.82, 2.24) is 9.55 Å². The van der Waals surface area contributed by atoms with E-state index in [2.05, 4.69) is 20.9 Å². The standard InChI is InChI=1S/C26H25F2N5O2.CH4O3S/c1-14(2)33-23-12-24(29-4)30-13-16(23)9-20(25(33)34)19-11-22(21(28)8-15(19)3)32-26(35)31-18-7-5-6-17(27)10-18;1-5(2,3)4/h5-14H,1-4H3,(H,29,30)(H2,31,32,35);1H3,(H,2,3,4). The lowest BCUT2D eigenvalue weighted by molar-refractivity contribution is 0.262. The zero-order valence-electron chi connectivity index (χ0n) is 22.4. The molecule has 4 aromatic rings. The van der Waals surface area contributed by atoms with Crippen LogP contribution in [0, 0.1) is 18.6 Å². The Morgan fingerprint density at radius 2 is 1.73 bits per heavy atom. The van der Waals surface area contributed by atoms with Crippen LogP contribution in [0.1, 0.15) is 25.5 Å². The first-order valence-corrected chi connectivity index (χ1v) is 13.8. The predicted molar refractivity (Wildman–Crippen MR) is 153 cm³/mol. The van der Waals surface area contributed by atoms with Crippen molar-refractivity contribution in [3.05, 3.63) is 82.3 Å². The number of rotatable bonds is 5. The fourth-order valence-electron chi connectivity index (χ4n) is 3.98. The van der Waals surface area contributed by atoms with Gasteiger partial charge in [-0.15, -0.1) is 0 Å². The Bertz CT molecular complexity index is 1730. The fraction of sp³-hybridized carbons (Fsp3) is 0.222. The van der Waals surface area contributed by atoms with E-state index in [0.29, 0.717) is 28.8 Å². The van der Waals surface area contributed by atoms with Gasteiger partial charge in [0.15, 0.2) is 0 Å². The number of hydrogen-bond donors (Lipinski definition) is 4. The first kappa shape index (κ1) is 30.2. The number of aryl methyl sites for hydroxylation is 1. The van der Waals surface area contributed by atoms with Gasteiger partial charge in [0, 0.05) is 42.0 Å². The van der Waals surface area contributed by atoms with Gasteiger partial charge in [0.2, 0.25) is 0 Å². The number of fused-ring (bicyclic) bond motifs is 1. The van der Waals surface area contributed by atoms with Crippen LogP contribution in [0.5, 0.6) is 0 Å². The third kappa shape index (κ3) is 7.61. The van der Waals surface area contributed by atoms with E-state index < -0.39 is 27.8 Å². The van der Waals surface area contributed by atoms with Crippen molar-refractivity contribution in [2.75, 3.05) is 29.3 Å². The van der Waals surface area contributed by atoms with Gasteiger partial charge in [0.25, 0.3) is 15.7 Å². The molecule has 0 aliphatic carbocycles. The molecule has 212 valence electrons. The maximum Gasteiger partial charge on any atom is 0.323 e. The number of benzene rings is 2. The number of anilines is 3. The first-order chi connectivity index (χ1) is 18.7. The zero-order valence-corrected chi connectivity index (χ0v) is 23.2. The Labute approximate surface area is 229 Å². The largest absolute Gasteiger partial charge is 0.373 e. The Morgan fingerprint density at radius 1 is 1.05 bits per heavy atom. The van der Waals surface area contributed by atoms with E-state index in [4.69, 9.17) is 4.55 Å². The van der Waals surface area contributed by atoms with Gasteiger partial charge in [-0.05, 0) is 68.3 Å². The van der Waals surface area contributed by atoms with E-state index in [-0.39, 0.29) is 23.0 Å². The van der Waals surface area contributed by atoms with E-state index in [1.54, 1.807) is 30.8 Å². The summed E-state index contributed by atoms with van der Waals surface area (Å²) < 4.78 is 55.7. The molecule has 0 unspecified atom stereocenters. The average Bonchev–Trinajstić information content (AvgIpc) is 2.84. The third-order valence-electron chi connectivity index (χ3n) is 5.63. The van der Waals surface area contributed by atoms with Gasteiger partial charge in [0.05, 0.1) is 17.5 Å². The third-order valence-corrected chi connectivity index (χ3v) is 5.63. The summed E-state index contributed by atoms with van der Waals surface area (Å²) in [5, 5.41) is 8.64. The van der Waals surface area contributed by atoms with Gasteiger partial charge in [-0.3, -0.25) is 9.35 Å². The van der Waals surface area contributed by atoms with Crippen LogP contribution < -0.4 is 21.5 Å². The van der Waals surface area contributed by atoms with Gasteiger partial charge in [0.1, 0.15) is 17.5 Å². The average molecular weight is 574 g/mol. The summed E-state index contributed by atoms with van der Waals surface area (Å²) in [6, 6.07) is 10.7. The number of carbonyl (C=O) groups excluding carboxylic acids is 1. The summed E-state index contributed by atoms with van der Waals surface area (Å²) in [5.41, 5.74) is 1.95. The Hall–Kier alpha value is -4.36. The van der Waals surface area contributed by atoms with Crippen molar-refractivity contribution in [3.63, 3.8) is 0 Å². The summed E-state index contributed by atoms with van der Waals surface area (Å²) in [5.74, 6) is -0.542. The second-order valence-corrected chi connectivity index (χ2v) is 10.6. The van der Waals surface area contributed by atoms with Crippen LogP contribution in [0.4, 0.5) is 30.8 Å². The highest BCUT2D eigenvalue weighted by Crippen LogP contribution is 2.30. The van der Waals surface area contributed by atoms with Crippen molar-refractivity contribution in [1.29, 1.82) is 0 Å². The van der Waals surface area contributed by atoms with Gasteiger partial charge in [-0.2, -0.15) is 8.42 Å². The van der Waals surface area contributed by atoms with Crippen molar-refractivity contribution in [3.8, 4) is 11.1 Å². The van der Waals surface area contributed by atoms with Gasteiger partial charge < -0.3 is 20.5 Å². The highest BCUT2D eigenvalue weighted by Gasteiger charge is 2.18. The van der Waals surface area contributed by atoms with E-state index in [1.165, 1.54) is 30.3 Å². The van der Waals surface area contributed by atoms with Gasteiger partial charge in [-0.25, -0.2) is 18.6 Å². The van der Waals surface area contributed by atoms with Crippen LogP contribution in [0.25, 0.3) is 22.0 Å². The lowest BCUT2D eigenvalue weighted by Crippen LogP contribution is -2.24. The predicted octanol–water partition coefficient (Wildman–Crippen LogP) is 5.42. The molecule has 0 bridgehead atoms. The Kier molecular flexibility index (Phi) is 9.22. The number of halogens is 2. The fourth-order valence-corrected chi connectivity index (χ4v) is 3.98. The number of amides is 2. The Morgan fingerprint density at radius 3 is 2.33 bits per heavy atom. The van der Waals surface area contributed by atoms with Crippen LogP contribution in [0.15, 0.2) is 59.5 Å². The normalized spacial score (nSPS) is 11.1. The molecule has 13 heteroatoms. The molecular formula is C27H29F2N5O5S. The lowest BCUT2D eigenvalue weighted by Gasteiger charge is -2.18. The van der Waals surface area contributed by atoms with Crippen LogP contribution in [0.3, 0.4) is 0 Å². The summed E-state index contributed by atoms with van der Waals surface area (Å²) in [6.45, 7) is 5.51. The minimum Gasteiger partial charge on any atom is -0.373 e. The molecule has 4 N–H and O–H groups in total. The number of carbonyl (C=O) groups is 1. The summed E-state index contributed by atoms with van der Waals surface area (Å²) in [4.78, 5) is 30.3. The number of pyridine rings is 2. The SMILES string of the molecule is CNc1cc2c(cn1)cc(-c1cc(NC(=O)Nc3cccc(F)c3)c(F)cc1C)c(=O)n2C(C)C.CS(=O)(=O)O. The molecule has 0 radical (unpaired) electrons. The van der Waals surface area contributed by atoms with Gasteiger partial charge in [-0.1, -0.05) is 6.07 Å². The molecular weight excluding hydrogens is 544 g/mol. The molecule has 2 aromatic heterocycles. The molecule has 0 aliphatic rings. The first-order valence-electron chi connectivity index (χ1n) is 12.0. The molecule has 40 heavy (non-hydrogen) atoms. The van der Waals surface area contributed by atoms with E-state index in [1.807, 2.05) is 19.9 Å². The van der Waals surface area contributed by atoms with Crippen molar-refractivity contribution in [2.24, 2.45) is 0 Å². The molecule has 2 heterocycles.